The summed E-state index contributed by atoms with van der Waals surface area (Å²) in [5.74, 6) is 0. The van der Waals surface area contributed by atoms with Crippen LogP contribution >= 0.6 is 0 Å². The van der Waals surface area contributed by atoms with Gasteiger partial charge >= 0.3 is 59.1 Å². The van der Waals surface area contributed by atoms with Crippen LogP contribution in [0.15, 0.2) is 0 Å². The van der Waals surface area contributed by atoms with E-state index in [0.717, 1.165) is 0 Å². The molecule has 14 heteroatoms. The van der Waals surface area contributed by atoms with Crippen LogP contribution in [0, 0.1) is 0 Å². The largest absolute Gasteiger partial charge is 1.00 e. The van der Waals surface area contributed by atoms with E-state index in [1.807, 2.05) is 0 Å². The van der Waals surface area contributed by atoms with E-state index in [0.29, 0.717) is 0 Å². The van der Waals surface area contributed by atoms with Gasteiger partial charge < -0.3 is 30.0 Å². The Kier molecular flexibility index (Phi) is 23.9. The molecule has 0 aromatic rings. The summed E-state index contributed by atoms with van der Waals surface area (Å²) in [6.07, 6.45) is 0. The Labute approximate surface area is 150 Å². The first-order chi connectivity index (χ1) is 5.19. The molecule has 0 rings (SSSR count). The topological polar surface area (TPSA) is 141 Å². The first kappa shape index (κ1) is 31.0. The van der Waals surface area contributed by atoms with E-state index in [2.05, 4.69) is 0 Å². The van der Waals surface area contributed by atoms with Crippen molar-refractivity contribution >= 4 is 20.2 Å². The Balaban J connectivity index is -0.000000101. The summed E-state index contributed by atoms with van der Waals surface area (Å²) in [5, 5.41) is 7.96. The van der Waals surface area contributed by atoms with Gasteiger partial charge in [-0.25, -0.2) is 5.48 Å². The van der Waals surface area contributed by atoms with Crippen molar-refractivity contribution in [2.75, 3.05) is 6.54 Å². The van der Waals surface area contributed by atoms with Crippen LogP contribution in [0.5, 0.6) is 0 Å². The molecule has 0 aliphatic carbocycles. The smallest absolute Gasteiger partial charge is 1.00 e. The zero-order valence-corrected chi connectivity index (χ0v) is 15.5. The predicted molar refractivity (Wildman–Crippen MR) is 36.7 cm³/mol. The van der Waals surface area contributed by atoms with Crippen LogP contribution in [-0.4, -0.2) is 42.3 Å². The van der Waals surface area contributed by atoms with Crippen molar-refractivity contribution in [3.05, 3.63) is 0 Å². The fourth-order valence-electron chi connectivity index (χ4n) is 0.439. The number of halogens is 2. The Bertz CT molecular complexity index is 311. The van der Waals surface area contributed by atoms with Crippen LogP contribution in [0.2, 0.25) is 0 Å². The summed E-state index contributed by atoms with van der Waals surface area (Å²) in [6, 6.07) is 0. The van der Waals surface area contributed by atoms with Crippen molar-refractivity contribution in [3.8, 4) is 0 Å². The van der Waals surface area contributed by atoms with Crippen molar-refractivity contribution in [2.45, 2.75) is 4.58 Å². The minimum atomic E-state index is -4.95. The number of rotatable bonds is 4. The SMILES string of the molecule is O=S(=O)(O)C(CNO)S(=O)(=O)O.[Cl-].[Cl-].[Na+].[Na+]. The van der Waals surface area contributed by atoms with Gasteiger partial charge in [0.1, 0.15) is 0 Å². The Hall–Kier alpha value is 2.32. The monoisotopic (exact) mass is 337 g/mol. The maximum atomic E-state index is 10.2. The van der Waals surface area contributed by atoms with Crippen molar-refractivity contribution in [1.82, 2.24) is 5.48 Å². The molecule has 0 radical (unpaired) electrons. The van der Waals surface area contributed by atoms with Crippen LogP contribution in [-0.2, 0) is 20.2 Å². The van der Waals surface area contributed by atoms with E-state index < -0.39 is 31.4 Å². The van der Waals surface area contributed by atoms with E-state index in [9.17, 15) is 16.8 Å². The van der Waals surface area contributed by atoms with E-state index >= 15 is 0 Å². The molecule has 0 saturated heterocycles. The van der Waals surface area contributed by atoms with Gasteiger partial charge in [0.15, 0.2) is 0 Å². The minimum absolute atomic E-state index is 0. The first-order valence-electron chi connectivity index (χ1n) is 2.49. The Morgan fingerprint density at radius 2 is 1.19 bits per heavy atom. The molecule has 0 amide bonds. The Morgan fingerprint density at radius 3 is 1.25 bits per heavy atom. The predicted octanol–water partition coefficient (Wildman–Crippen LogP) is -13.9. The standard InChI is InChI=1S/C2H7NO7S2.2ClH.2Na/c4-3-1-2(11(5,6)7)12(8,9)10;;;;/h2-4H,1H2,(H,5,6,7)(H,8,9,10);2*1H;;/q;;;2*+1/p-2. The molecule has 8 nitrogen and oxygen atoms in total. The summed E-state index contributed by atoms with van der Waals surface area (Å²) in [7, 11) is -9.89. The summed E-state index contributed by atoms with van der Waals surface area (Å²) in [4.78, 5) is 0. The molecule has 16 heavy (non-hydrogen) atoms. The second-order valence-corrected chi connectivity index (χ2v) is 5.32. The third-order valence-corrected chi connectivity index (χ3v) is 4.04. The summed E-state index contributed by atoms with van der Waals surface area (Å²) in [5.41, 5.74) is 1.20. The second-order valence-electron chi connectivity index (χ2n) is 1.82. The zero-order valence-electron chi connectivity index (χ0n) is 8.33. The van der Waals surface area contributed by atoms with Crippen LogP contribution in [0.1, 0.15) is 0 Å². The molecular formula is C2H7Cl2NNa2O7S2. The number of nitrogens with one attached hydrogen (secondary N) is 1. The van der Waals surface area contributed by atoms with Crippen molar-refractivity contribution < 1.29 is 115 Å². The molecule has 90 valence electrons. The molecule has 0 saturated carbocycles. The van der Waals surface area contributed by atoms with E-state index in [-0.39, 0.29) is 83.9 Å². The van der Waals surface area contributed by atoms with E-state index in [1.54, 1.807) is 0 Å². The van der Waals surface area contributed by atoms with Crippen molar-refractivity contribution in [1.29, 1.82) is 0 Å². The maximum Gasteiger partial charge on any atom is 1.00 e. The van der Waals surface area contributed by atoms with Crippen LogP contribution < -0.4 is 89.4 Å². The van der Waals surface area contributed by atoms with Gasteiger partial charge in [0.25, 0.3) is 20.2 Å². The van der Waals surface area contributed by atoms with Gasteiger partial charge in [-0.1, -0.05) is 0 Å². The van der Waals surface area contributed by atoms with E-state index in [4.69, 9.17) is 14.3 Å². The summed E-state index contributed by atoms with van der Waals surface area (Å²) >= 11 is 0. The van der Waals surface area contributed by atoms with Crippen LogP contribution in [0.4, 0.5) is 0 Å². The molecular weight excluding hydrogens is 331 g/mol. The second kappa shape index (κ2) is 12.4. The zero-order chi connectivity index (χ0) is 9.99. The van der Waals surface area contributed by atoms with Crippen LogP contribution in [0.25, 0.3) is 0 Å². The van der Waals surface area contributed by atoms with Gasteiger partial charge in [0, 0.05) is 0 Å². The summed E-state index contributed by atoms with van der Waals surface area (Å²) in [6.45, 7) is -1.02. The van der Waals surface area contributed by atoms with Crippen molar-refractivity contribution in [2.24, 2.45) is 0 Å². The van der Waals surface area contributed by atoms with Gasteiger partial charge in [-0.15, -0.1) is 0 Å². The fourth-order valence-corrected chi connectivity index (χ4v) is 2.24. The molecule has 0 unspecified atom stereocenters. The van der Waals surface area contributed by atoms with Gasteiger partial charge in [-0.3, -0.25) is 9.11 Å². The van der Waals surface area contributed by atoms with Crippen molar-refractivity contribution in [3.63, 3.8) is 0 Å². The number of hydrogen-bond acceptors (Lipinski definition) is 6. The van der Waals surface area contributed by atoms with Gasteiger partial charge in [0.2, 0.25) is 4.58 Å². The first-order valence-corrected chi connectivity index (χ1v) is 5.50. The molecule has 4 N–H and O–H groups in total. The molecule has 0 fully saturated rings. The van der Waals surface area contributed by atoms with Crippen LogP contribution in [0.3, 0.4) is 0 Å². The van der Waals surface area contributed by atoms with E-state index in [1.165, 1.54) is 5.48 Å². The average molecular weight is 338 g/mol. The molecule has 0 bridgehead atoms. The normalized spacial score (nSPS) is 10.2. The molecule has 0 aliphatic rings. The quantitative estimate of drug-likeness (QED) is 0.225. The summed E-state index contributed by atoms with van der Waals surface area (Å²) < 4.78 is 54.9. The Morgan fingerprint density at radius 1 is 0.938 bits per heavy atom. The molecule has 0 aliphatic heterocycles. The molecule has 0 aromatic heterocycles. The molecule has 0 heterocycles. The fraction of sp³-hybridized carbons (Fsp3) is 1.00. The number of hydroxylamine groups is 1. The molecule has 0 aromatic carbocycles. The van der Waals surface area contributed by atoms with Gasteiger partial charge in [-0.2, -0.15) is 16.8 Å². The molecule has 0 spiro atoms. The minimum Gasteiger partial charge on any atom is -1.00 e. The van der Waals surface area contributed by atoms with Gasteiger partial charge in [0.05, 0.1) is 6.54 Å². The average Bonchev–Trinajstić information content (AvgIpc) is 1.77. The molecule has 0 atom stereocenters. The third-order valence-electron chi connectivity index (χ3n) is 0.922. The van der Waals surface area contributed by atoms with Gasteiger partial charge in [-0.05, 0) is 0 Å². The maximum absolute atomic E-state index is 10.2. The third kappa shape index (κ3) is 12.8. The number of hydrogen-bond donors (Lipinski definition) is 4.